The van der Waals surface area contributed by atoms with Crippen molar-refractivity contribution >= 4 is 11.8 Å². The van der Waals surface area contributed by atoms with E-state index in [1.165, 1.54) is 11.1 Å². The van der Waals surface area contributed by atoms with E-state index in [1.54, 1.807) is 11.8 Å². The summed E-state index contributed by atoms with van der Waals surface area (Å²) in [6, 6.07) is 16.3. The number of hydrogen-bond donors (Lipinski definition) is 1. The number of benzene rings is 2. The van der Waals surface area contributed by atoms with E-state index in [9.17, 15) is 4.79 Å². The van der Waals surface area contributed by atoms with Crippen molar-refractivity contribution in [2.45, 2.75) is 46.1 Å². The quantitative estimate of drug-likeness (QED) is 0.251. The summed E-state index contributed by atoms with van der Waals surface area (Å²) < 4.78 is 10.6. The minimum Gasteiger partial charge on any atom is -0.374 e. The van der Waals surface area contributed by atoms with Crippen molar-refractivity contribution in [1.82, 2.24) is 20.1 Å². The van der Waals surface area contributed by atoms with Crippen LogP contribution in [0.1, 0.15) is 48.1 Å². The second-order valence-electron chi connectivity index (χ2n) is 8.65. The van der Waals surface area contributed by atoms with Crippen LogP contribution in [0.3, 0.4) is 0 Å². The average molecular weight is 505 g/mol. The lowest BCUT2D eigenvalue weighted by molar-refractivity contribution is 0.133. The maximum Gasteiger partial charge on any atom is 0.439 e. The molecule has 4 rings (SSSR count). The van der Waals surface area contributed by atoms with Gasteiger partial charge in [-0.25, -0.2) is 14.8 Å². The molecule has 0 bridgehead atoms. The summed E-state index contributed by atoms with van der Waals surface area (Å²) in [6.07, 6.45) is 5.98. The van der Waals surface area contributed by atoms with Gasteiger partial charge in [0.15, 0.2) is 5.82 Å². The Bertz CT molecular complexity index is 1330. The Morgan fingerprint density at radius 2 is 1.78 bits per heavy atom. The maximum absolute atomic E-state index is 11.5. The van der Waals surface area contributed by atoms with Gasteiger partial charge in [0.2, 0.25) is 0 Å². The van der Waals surface area contributed by atoms with Crippen LogP contribution >= 0.6 is 11.8 Å². The topological polar surface area (TPSA) is 93.9 Å². The van der Waals surface area contributed by atoms with Gasteiger partial charge in [0.05, 0.1) is 18.9 Å². The molecule has 0 aliphatic rings. The molecule has 2 heterocycles. The molecule has 0 amide bonds. The van der Waals surface area contributed by atoms with Gasteiger partial charge in [0.25, 0.3) is 0 Å². The van der Waals surface area contributed by atoms with Crippen LogP contribution in [-0.4, -0.2) is 38.7 Å². The highest BCUT2D eigenvalue weighted by Crippen LogP contribution is 2.30. The fraction of sp³-hybridized carbons (Fsp3) is 0.357. The van der Waals surface area contributed by atoms with E-state index in [0.29, 0.717) is 19.0 Å². The number of ether oxygens (including phenoxy) is 1. The second-order valence-corrected chi connectivity index (χ2v) is 9.64. The lowest BCUT2D eigenvalue weighted by atomic mass is 9.95. The third kappa shape index (κ3) is 6.50. The number of aryl methyl sites for hydroxylation is 2. The first kappa shape index (κ1) is 25.9. The molecule has 0 radical (unpaired) electrons. The molecule has 0 unspecified atom stereocenters. The van der Waals surface area contributed by atoms with Crippen molar-refractivity contribution in [2.75, 3.05) is 18.6 Å². The second kappa shape index (κ2) is 12.6. The molecule has 7 nitrogen and oxygen atoms in total. The SMILES string of the molecule is CCCCc1nc(C)nc(COCCSC)c1Cc1ccc(-c2ccccc2-c2noc(=O)[nH]2)cc1. The van der Waals surface area contributed by atoms with Crippen molar-refractivity contribution in [3.05, 3.63) is 87.4 Å². The lowest BCUT2D eigenvalue weighted by Crippen LogP contribution is -2.11. The Labute approximate surface area is 215 Å². The number of nitrogens with one attached hydrogen (secondary N) is 1. The molecular weight excluding hydrogens is 472 g/mol. The molecule has 0 saturated carbocycles. The molecule has 1 N–H and O–H groups in total. The zero-order valence-corrected chi connectivity index (χ0v) is 21.9. The smallest absolute Gasteiger partial charge is 0.374 e. The average Bonchev–Trinajstić information content (AvgIpc) is 3.33. The van der Waals surface area contributed by atoms with Gasteiger partial charge in [-0.1, -0.05) is 67.0 Å². The summed E-state index contributed by atoms with van der Waals surface area (Å²) in [6.45, 7) is 5.36. The van der Waals surface area contributed by atoms with Crippen molar-refractivity contribution in [1.29, 1.82) is 0 Å². The Balaban J connectivity index is 1.61. The van der Waals surface area contributed by atoms with Crippen LogP contribution in [-0.2, 0) is 24.2 Å². The highest BCUT2D eigenvalue weighted by atomic mass is 32.2. The fourth-order valence-electron chi connectivity index (χ4n) is 4.20. The van der Waals surface area contributed by atoms with Gasteiger partial charge in [-0.2, -0.15) is 11.8 Å². The molecule has 0 aliphatic heterocycles. The van der Waals surface area contributed by atoms with Crippen molar-refractivity contribution in [2.24, 2.45) is 0 Å². The lowest BCUT2D eigenvalue weighted by Gasteiger charge is -2.15. The van der Waals surface area contributed by atoms with E-state index in [2.05, 4.69) is 47.6 Å². The highest BCUT2D eigenvalue weighted by Gasteiger charge is 2.15. The monoisotopic (exact) mass is 504 g/mol. The third-order valence-electron chi connectivity index (χ3n) is 6.00. The van der Waals surface area contributed by atoms with Gasteiger partial charge >= 0.3 is 5.76 Å². The van der Waals surface area contributed by atoms with Crippen LogP contribution in [0.25, 0.3) is 22.5 Å². The fourth-order valence-corrected chi connectivity index (χ4v) is 4.48. The number of thioether (sulfide) groups is 1. The van der Waals surface area contributed by atoms with Crippen LogP contribution < -0.4 is 5.76 Å². The molecule has 0 aliphatic carbocycles. The number of nitrogens with zero attached hydrogens (tertiary/aromatic N) is 3. The number of H-pyrrole nitrogens is 1. The number of hydrogen-bond acceptors (Lipinski definition) is 7. The maximum atomic E-state index is 11.5. The van der Waals surface area contributed by atoms with Crippen molar-refractivity contribution in [3.8, 4) is 22.5 Å². The van der Waals surface area contributed by atoms with Crippen LogP contribution in [0.5, 0.6) is 0 Å². The molecule has 0 fully saturated rings. The Kier molecular flexibility index (Phi) is 9.08. The van der Waals surface area contributed by atoms with Crippen molar-refractivity contribution in [3.63, 3.8) is 0 Å². The summed E-state index contributed by atoms with van der Waals surface area (Å²) in [7, 11) is 0. The van der Waals surface area contributed by atoms with E-state index in [-0.39, 0.29) is 0 Å². The normalized spacial score (nSPS) is 11.2. The first-order chi connectivity index (χ1) is 17.6. The van der Waals surface area contributed by atoms with Gasteiger partial charge in [-0.15, -0.1) is 0 Å². The largest absolute Gasteiger partial charge is 0.439 e. The van der Waals surface area contributed by atoms with Gasteiger partial charge in [-0.05, 0) is 42.7 Å². The van der Waals surface area contributed by atoms with Gasteiger partial charge < -0.3 is 4.74 Å². The first-order valence-electron chi connectivity index (χ1n) is 12.3. The zero-order valence-electron chi connectivity index (χ0n) is 21.0. The number of aromatic nitrogens is 4. The summed E-state index contributed by atoms with van der Waals surface area (Å²) >= 11 is 1.78. The van der Waals surface area contributed by atoms with E-state index in [4.69, 9.17) is 19.2 Å². The minimum atomic E-state index is -0.567. The van der Waals surface area contributed by atoms with Gasteiger partial charge in [-0.3, -0.25) is 9.51 Å². The zero-order chi connectivity index (χ0) is 25.3. The van der Waals surface area contributed by atoms with Gasteiger partial charge in [0, 0.05) is 29.0 Å². The minimum absolute atomic E-state index is 0.420. The number of rotatable bonds is 12. The molecule has 0 spiro atoms. The predicted molar refractivity (Wildman–Crippen MR) is 144 cm³/mol. The molecule has 8 heteroatoms. The number of unbranched alkanes of at least 4 members (excludes halogenated alkanes) is 1. The molecule has 4 aromatic rings. The highest BCUT2D eigenvalue weighted by molar-refractivity contribution is 7.98. The number of aromatic amines is 1. The first-order valence-corrected chi connectivity index (χ1v) is 13.6. The summed E-state index contributed by atoms with van der Waals surface area (Å²) in [5.74, 6) is 1.62. The van der Waals surface area contributed by atoms with Crippen LogP contribution in [0, 0.1) is 6.92 Å². The molecule has 36 heavy (non-hydrogen) atoms. The molecule has 188 valence electrons. The molecule has 2 aromatic carbocycles. The molecule has 0 saturated heterocycles. The van der Waals surface area contributed by atoms with Crippen LogP contribution in [0.4, 0.5) is 0 Å². The standard InChI is InChI=1S/C28H32N4O3S/c1-4-5-10-25-24(26(30-19(2)29-25)18-34-15-16-36-3)17-20-11-13-21(14-12-20)22-8-6-7-9-23(22)27-31-28(33)35-32-27/h6-9,11-14H,4-5,10,15-18H2,1-3H3,(H,31,32,33). The van der Waals surface area contributed by atoms with Crippen LogP contribution in [0.2, 0.25) is 0 Å². The van der Waals surface area contributed by atoms with E-state index >= 15 is 0 Å². The summed E-state index contributed by atoms with van der Waals surface area (Å²) in [4.78, 5) is 23.7. The summed E-state index contributed by atoms with van der Waals surface area (Å²) in [5.41, 5.74) is 7.28. The third-order valence-corrected chi connectivity index (χ3v) is 6.57. The predicted octanol–water partition coefficient (Wildman–Crippen LogP) is 5.61. The molecule has 2 aromatic heterocycles. The van der Waals surface area contributed by atoms with Crippen molar-refractivity contribution < 1.29 is 9.26 Å². The Morgan fingerprint density at radius 3 is 2.47 bits per heavy atom. The van der Waals surface area contributed by atoms with E-state index < -0.39 is 5.76 Å². The van der Waals surface area contributed by atoms with Gasteiger partial charge in [0.1, 0.15) is 5.82 Å². The Hall–Kier alpha value is -3.23. The summed E-state index contributed by atoms with van der Waals surface area (Å²) in [5, 5.41) is 3.86. The Morgan fingerprint density at radius 1 is 1.03 bits per heavy atom. The van der Waals surface area contributed by atoms with Crippen LogP contribution in [0.15, 0.2) is 57.8 Å². The van der Waals surface area contributed by atoms with E-state index in [0.717, 1.165) is 65.3 Å². The van der Waals surface area contributed by atoms with E-state index in [1.807, 2.05) is 31.2 Å². The molecular formula is C28H32N4O3S. The molecule has 0 atom stereocenters.